The fourth-order valence-electron chi connectivity index (χ4n) is 3.12. The maximum Gasteiger partial charge on any atom is 0.286 e. The summed E-state index contributed by atoms with van der Waals surface area (Å²) in [5.41, 5.74) is 0.721. The first-order valence-electron chi connectivity index (χ1n) is 8.82. The molecule has 1 aromatic heterocycles. The molecule has 2 aliphatic heterocycles. The van der Waals surface area contributed by atoms with Gasteiger partial charge in [-0.25, -0.2) is 0 Å². The summed E-state index contributed by atoms with van der Waals surface area (Å²) in [7, 11) is 0. The van der Waals surface area contributed by atoms with Crippen molar-refractivity contribution in [1.82, 2.24) is 4.90 Å². The van der Waals surface area contributed by atoms with Gasteiger partial charge in [0.1, 0.15) is 11.5 Å². The van der Waals surface area contributed by atoms with Crippen LogP contribution in [0.1, 0.15) is 25.5 Å². The van der Waals surface area contributed by atoms with E-state index >= 15 is 0 Å². The van der Waals surface area contributed by atoms with E-state index in [1.54, 1.807) is 24.3 Å². The Morgan fingerprint density at radius 2 is 2.00 bits per heavy atom. The number of amidine groups is 1. The summed E-state index contributed by atoms with van der Waals surface area (Å²) in [5.74, 6) is 1.71. The van der Waals surface area contributed by atoms with Gasteiger partial charge < -0.3 is 9.32 Å². The number of nitrogens with zero attached hydrogens (tertiary/aromatic N) is 2. The SMILES string of the molecule is CC1CCN(C2=NC(=O)C(=Cc3ccc(-c4cc(Cl)ccc4Cl)o3)S2)CC1. The Balaban J connectivity index is 1.51. The molecule has 7 heteroatoms. The number of hydrogen-bond acceptors (Lipinski definition) is 4. The van der Waals surface area contributed by atoms with Crippen molar-refractivity contribution in [3.8, 4) is 11.3 Å². The second-order valence-corrected chi connectivity index (χ2v) is 8.66. The molecule has 0 N–H and O–H groups in total. The Labute approximate surface area is 172 Å². The van der Waals surface area contributed by atoms with E-state index < -0.39 is 0 Å². The fraction of sp³-hybridized carbons (Fsp3) is 0.300. The van der Waals surface area contributed by atoms with E-state index in [-0.39, 0.29) is 5.91 Å². The predicted octanol–water partition coefficient (Wildman–Crippen LogP) is 5.96. The summed E-state index contributed by atoms with van der Waals surface area (Å²) < 4.78 is 5.86. The highest BCUT2D eigenvalue weighted by atomic mass is 35.5. The average molecular weight is 421 g/mol. The number of furan rings is 1. The number of thioether (sulfide) groups is 1. The van der Waals surface area contributed by atoms with Gasteiger partial charge in [0.25, 0.3) is 5.91 Å². The van der Waals surface area contributed by atoms with Crippen LogP contribution in [-0.2, 0) is 4.79 Å². The number of hydrogen-bond donors (Lipinski definition) is 0. The minimum atomic E-state index is -0.215. The molecular weight excluding hydrogens is 403 g/mol. The smallest absolute Gasteiger partial charge is 0.286 e. The van der Waals surface area contributed by atoms with Crippen LogP contribution in [0.3, 0.4) is 0 Å². The van der Waals surface area contributed by atoms with Crippen LogP contribution < -0.4 is 0 Å². The summed E-state index contributed by atoms with van der Waals surface area (Å²) in [5, 5.41) is 1.94. The third-order valence-corrected chi connectivity index (χ3v) is 6.37. The van der Waals surface area contributed by atoms with Crippen molar-refractivity contribution in [1.29, 1.82) is 0 Å². The molecule has 3 heterocycles. The van der Waals surface area contributed by atoms with Crippen molar-refractivity contribution in [3.63, 3.8) is 0 Å². The highest BCUT2D eigenvalue weighted by Crippen LogP contribution is 2.35. The maximum atomic E-state index is 12.3. The third kappa shape index (κ3) is 4.10. The first-order valence-corrected chi connectivity index (χ1v) is 10.4. The van der Waals surface area contributed by atoms with Crippen LogP contribution in [-0.4, -0.2) is 29.1 Å². The molecule has 0 atom stereocenters. The van der Waals surface area contributed by atoms with Crippen LogP contribution >= 0.6 is 35.0 Å². The maximum absolute atomic E-state index is 12.3. The van der Waals surface area contributed by atoms with E-state index in [1.807, 2.05) is 12.1 Å². The van der Waals surface area contributed by atoms with Crippen LogP contribution in [0.2, 0.25) is 10.0 Å². The number of halogens is 2. The average Bonchev–Trinajstić information content (AvgIpc) is 3.25. The van der Waals surface area contributed by atoms with Gasteiger partial charge in [0.05, 0.1) is 9.93 Å². The van der Waals surface area contributed by atoms with Crippen molar-refractivity contribution in [2.24, 2.45) is 10.9 Å². The molecule has 0 saturated carbocycles. The third-order valence-electron chi connectivity index (χ3n) is 4.76. The summed E-state index contributed by atoms with van der Waals surface area (Å²) >= 11 is 13.7. The second-order valence-electron chi connectivity index (χ2n) is 6.81. The Hall–Kier alpha value is -1.69. The molecule has 140 valence electrons. The number of amides is 1. The standard InChI is InChI=1S/C20H18Cl2N2O2S/c1-12-6-8-24(9-7-12)20-23-19(25)18(27-20)11-14-3-5-17(26-14)15-10-13(21)2-4-16(15)22/h2-5,10-12H,6-9H2,1H3. The van der Waals surface area contributed by atoms with Gasteiger partial charge in [-0.15, -0.1) is 0 Å². The lowest BCUT2D eigenvalue weighted by atomic mass is 10.00. The summed E-state index contributed by atoms with van der Waals surface area (Å²) in [6.45, 7) is 4.16. The molecule has 4 rings (SSSR count). The molecule has 0 radical (unpaired) electrons. The first-order chi connectivity index (χ1) is 13.0. The minimum Gasteiger partial charge on any atom is -0.457 e. The summed E-state index contributed by atoms with van der Waals surface area (Å²) in [6.07, 6.45) is 4.00. The zero-order valence-electron chi connectivity index (χ0n) is 14.7. The van der Waals surface area contributed by atoms with Crippen molar-refractivity contribution < 1.29 is 9.21 Å². The second kappa shape index (κ2) is 7.74. The number of carbonyl (C=O) groups excluding carboxylic acids is 1. The lowest BCUT2D eigenvalue weighted by molar-refractivity contribution is -0.113. The zero-order valence-corrected chi connectivity index (χ0v) is 17.1. The largest absolute Gasteiger partial charge is 0.457 e. The summed E-state index contributed by atoms with van der Waals surface area (Å²) in [6, 6.07) is 8.85. The summed E-state index contributed by atoms with van der Waals surface area (Å²) in [4.78, 5) is 19.3. The van der Waals surface area contributed by atoms with Gasteiger partial charge in [0.15, 0.2) is 5.17 Å². The normalized spacial score (nSPS) is 19.8. The van der Waals surface area contributed by atoms with Crippen molar-refractivity contribution in [2.45, 2.75) is 19.8 Å². The predicted molar refractivity (Wildman–Crippen MR) is 112 cm³/mol. The first kappa shape index (κ1) is 18.7. The lowest BCUT2D eigenvalue weighted by Gasteiger charge is -2.30. The number of piperidine rings is 1. The molecule has 1 saturated heterocycles. The molecule has 0 aliphatic carbocycles. The Kier molecular flexibility index (Phi) is 5.35. The van der Waals surface area contributed by atoms with E-state index in [0.717, 1.165) is 42.6 Å². The number of rotatable bonds is 2. The monoisotopic (exact) mass is 420 g/mol. The van der Waals surface area contributed by atoms with Gasteiger partial charge >= 0.3 is 0 Å². The van der Waals surface area contributed by atoms with Gasteiger partial charge in [-0.1, -0.05) is 30.1 Å². The topological polar surface area (TPSA) is 45.8 Å². The fourth-order valence-corrected chi connectivity index (χ4v) is 4.45. The van der Waals surface area contributed by atoms with Crippen LogP contribution in [0, 0.1) is 5.92 Å². The van der Waals surface area contributed by atoms with E-state index in [1.165, 1.54) is 11.8 Å². The zero-order chi connectivity index (χ0) is 19.0. The minimum absolute atomic E-state index is 0.215. The lowest BCUT2D eigenvalue weighted by Crippen LogP contribution is -2.35. The molecule has 4 nitrogen and oxygen atoms in total. The molecule has 1 amide bonds. The van der Waals surface area contributed by atoms with Gasteiger partial charge in [-0.3, -0.25) is 4.79 Å². The highest BCUT2D eigenvalue weighted by molar-refractivity contribution is 8.18. The number of benzene rings is 1. The van der Waals surface area contributed by atoms with Crippen LogP contribution in [0.4, 0.5) is 0 Å². The van der Waals surface area contributed by atoms with Crippen molar-refractivity contribution in [2.75, 3.05) is 13.1 Å². The molecule has 1 aromatic carbocycles. The van der Waals surface area contributed by atoms with Crippen molar-refractivity contribution >= 4 is 52.1 Å². The van der Waals surface area contributed by atoms with Gasteiger partial charge in [-0.2, -0.15) is 4.99 Å². The van der Waals surface area contributed by atoms with E-state index in [4.69, 9.17) is 27.6 Å². The van der Waals surface area contributed by atoms with E-state index in [0.29, 0.717) is 26.5 Å². The van der Waals surface area contributed by atoms with Gasteiger partial charge in [0.2, 0.25) is 0 Å². The molecule has 1 fully saturated rings. The van der Waals surface area contributed by atoms with Crippen LogP contribution in [0.15, 0.2) is 44.6 Å². The number of likely N-dealkylation sites (tertiary alicyclic amines) is 1. The molecule has 0 bridgehead atoms. The Bertz CT molecular complexity index is 943. The Morgan fingerprint density at radius 3 is 2.78 bits per heavy atom. The molecule has 0 spiro atoms. The van der Waals surface area contributed by atoms with E-state index in [2.05, 4.69) is 16.8 Å². The molecule has 2 aliphatic rings. The molecule has 0 unspecified atom stereocenters. The van der Waals surface area contributed by atoms with Gasteiger partial charge in [-0.05, 0) is 60.9 Å². The molecular formula is C20H18Cl2N2O2S. The Morgan fingerprint density at radius 1 is 1.22 bits per heavy atom. The quantitative estimate of drug-likeness (QED) is 0.562. The molecule has 27 heavy (non-hydrogen) atoms. The van der Waals surface area contributed by atoms with Gasteiger partial charge in [0, 0.05) is 29.8 Å². The molecule has 2 aromatic rings. The highest BCUT2D eigenvalue weighted by Gasteiger charge is 2.28. The number of carbonyl (C=O) groups is 1. The van der Waals surface area contributed by atoms with Crippen molar-refractivity contribution in [3.05, 3.63) is 51.0 Å². The van der Waals surface area contributed by atoms with E-state index in [9.17, 15) is 4.79 Å². The van der Waals surface area contributed by atoms with Crippen LogP contribution in [0.25, 0.3) is 17.4 Å². The van der Waals surface area contributed by atoms with Crippen LogP contribution in [0.5, 0.6) is 0 Å². The number of aliphatic imine (C=N–C) groups is 1.